The van der Waals surface area contributed by atoms with Crippen molar-refractivity contribution >= 4 is 17.2 Å². The fourth-order valence-electron chi connectivity index (χ4n) is 2.28. The number of hydrogen-bond acceptors (Lipinski definition) is 5. The van der Waals surface area contributed by atoms with E-state index in [0.717, 1.165) is 37.6 Å². The topological polar surface area (TPSA) is 72.9 Å². The van der Waals surface area contributed by atoms with Crippen molar-refractivity contribution in [2.45, 2.75) is 19.6 Å². The van der Waals surface area contributed by atoms with E-state index in [0.29, 0.717) is 10.7 Å². The van der Waals surface area contributed by atoms with Crippen molar-refractivity contribution in [3.05, 3.63) is 41.7 Å². The molecule has 0 unspecified atom stereocenters. The quantitative estimate of drug-likeness (QED) is 0.813. The van der Waals surface area contributed by atoms with Crippen LogP contribution in [0.5, 0.6) is 0 Å². The Morgan fingerprint density at radius 1 is 1.42 bits per heavy atom. The molecule has 1 aliphatic rings. The molecule has 0 saturated heterocycles. The number of rotatable bonds is 3. The van der Waals surface area contributed by atoms with E-state index >= 15 is 0 Å². The first-order chi connectivity index (χ1) is 9.24. The summed E-state index contributed by atoms with van der Waals surface area (Å²) < 4.78 is 2.08. The Labute approximate surface area is 116 Å². The van der Waals surface area contributed by atoms with Crippen LogP contribution >= 0.6 is 12.2 Å². The minimum Gasteiger partial charge on any atom is -0.388 e. The summed E-state index contributed by atoms with van der Waals surface area (Å²) in [6, 6.07) is 3.92. The van der Waals surface area contributed by atoms with Crippen LogP contribution in [0.25, 0.3) is 0 Å². The molecule has 2 aromatic heterocycles. The second kappa shape index (κ2) is 5.02. The Kier molecular flexibility index (Phi) is 3.22. The van der Waals surface area contributed by atoms with Crippen molar-refractivity contribution in [1.82, 2.24) is 24.6 Å². The van der Waals surface area contributed by atoms with Gasteiger partial charge in [0.05, 0.1) is 6.54 Å². The monoisotopic (exact) mass is 274 g/mol. The lowest BCUT2D eigenvalue weighted by Gasteiger charge is -2.27. The average molecular weight is 274 g/mol. The summed E-state index contributed by atoms with van der Waals surface area (Å²) in [5, 5.41) is 8.04. The van der Waals surface area contributed by atoms with Crippen LogP contribution in [-0.2, 0) is 19.6 Å². The summed E-state index contributed by atoms with van der Waals surface area (Å²) >= 11 is 5.04. The molecule has 7 heteroatoms. The highest BCUT2D eigenvalue weighted by Gasteiger charge is 2.18. The second-order valence-corrected chi connectivity index (χ2v) is 4.97. The predicted octanol–water partition coefficient (Wildman–Crippen LogP) is 0.323. The molecule has 3 rings (SSSR count). The van der Waals surface area contributed by atoms with Gasteiger partial charge in [0.2, 0.25) is 0 Å². The summed E-state index contributed by atoms with van der Waals surface area (Å²) in [5.74, 6) is 0.993. The summed E-state index contributed by atoms with van der Waals surface area (Å²) in [4.78, 5) is 6.89. The Balaban J connectivity index is 1.78. The van der Waals surface area contributed by atoms with Gasteiger partial charge in [0.1, 0.15) is 22.8 Å². The molecular weight excluding hydrogens is 260 g/mol. The zero-order valence-corrected chi connectivity index (χ0v) is 11.2. The molecule has 0 aliphatic carbocycles. The van der Waals surface area contributed by atoms with Crippen LogP contribution in [0.1, 0.15) is 17.1 Å². The number of thiocarbonyl (C=S) groups is 1. The molecule has 2 N–H and O–H groups in total. The zero-order chi connectivity index (χ0) is 13.2. The molecule has 0 fully saturated rings. The molecule has 0 bridgehead atoms. The largest absolute Gasteiger partial charge is 0.388 e. The van der Waals surface area contributed by atoms with Crippen molar-refractivity contribution in [3.8, 4) is 0 Å². The molecule has 0 radical (unpaired) electrons. The van der Waals surface area contributed by atoms with Gasteiger partial charge in [0.25, 0.3) is 0 Å². The highest BCUT2D eigenvalue weighted by atomic mass is 32.1. The van der Waals surface area contributed by atoms with E-state index in [1.54, 1.807) is 12.5 Å². The number of nitrogens with two attached hydrogens (primary N) is 1. The van der Waals surface area contributed by atoms with Gasteiger partial charge in [-0.2, -0.15) is 0 Å². The van der Waals surface area contributed by atoms with E-state index in [9.17, 15) is 0 Å². The van der Waals surface area contributed by atoms with Crippen molar-refractivity contribution in [3.63, 3.8) is 0 Å². The molecule has 0 aromatic carbocycles. The molecule has 2 aromatic rings. The highest BCUT2D eigenvalue weighted by Crippen LogP contribution is 2.14. The Hall–Kier alpha value is -1.86. The first-order valence-electron chi connectivity index (χ1n) is 6.07. The molecule has 98 valence electrons. The van der Waals surface area contributed by atoms with E-state index in [1.807, 2.05) is 12.1 Å². The number of fused-ring (bicyclic) bond motifs is 1. The van der Waals surface area contributed by atoms with Gasteiger partial charge in [-0.1, -0.05) is 18.3 Å². The van der Waals surface area contributed by atoms with Crippen LogP contribution in [0.4, 0.5) is 0 Å². The van der Waals surface area contributed by atoms with Crippen LogP contribution in [0.2, 0.25) is 0 Å². The molecular formula is C12H14N6S. The normalized spacial score (nSPS) is 15.2. The molecule has 0 spiro atoms. The Morgan fingerprint density at radius 3 is 3.16 bits per heavy atom. The third-order valence-electron chi connectivity index (χ3n) is 3.24. The van der Waals surface area contributed by atoms with Gasteiger partial charge < -0.3 is 10.3 Å². The van der Waals surface area contributed by atoms with Crippen molar-refractivity contribution in [2.75, 3.05) is 6.54 Å². The lowest BCUT2D eigenvalue weighted by molar-refractivity contribution is 0.208. The molecule has 0 atom stereocenters. The van der Waals surface area contributed by atoms with E-state index in [-0.39, 0.29) is 0 Å². The summed E-state index contributed by atoms with van der Waals surface area (Å²) in [5.41, 5.74) is 7.47. The third-order valence-corrected chi connectivity index (χ3v) is 3.43. The highest BCUT2D eigenvalue weighted by molar-refractivity contribution is 7.80. The summed E-state index contributed by atoms with van der Waals surface area (Å²) in [6.07, 6.45) is 3.49. The zero-order valence-electron chi connectivity index (χ0n) is 10.4. The summed E-state index contributed by atoms with van der Waals surface area (Å²) in [6.45, 7) is 3.42. The van der Waals surface area contributed by atoms with Gasteiger partial charge in [-0.25, -0.2) is 0 Å². The first-order valence-corrected chi connectivity index (χ1v) is 6.47. The molecule has 19 heavy (non-hydrogen) atoms. The number of hydrogen-bond donors (Lipinski definition) is 1. The lowest BCUT2D eigenvalue weighted by atomic mass is 10.1. The first kappa shape index (κ1) is 12.2. The standard InChI is InChI=1S/C12H14N6S/c13-12(19)11-9(2-1-3-14-11)6-17-4-5-18-8-15-16-10(18)7-17/h1-3,8H,4-7H2,(H2,13,19). The van der Waals surface area contributed by atoms with E-state index in [2.05, 4.69) is 24.6 Å². The maximum absolute atomic E-state index is 5.70. The number of pyridine rings is 1. The van der Waals surface area contributed by atoms with Crippen molar-refractivity contribution in [2.24, 2.45) is 5.73 Å². The molecule has 0 saturated carbocycles. The van der Waals surface area contributed by atoms with Crippen LogP contribution in [0.3, 0.4) is 0 Å². The van der Waals surface area contributed by atoms with E-state index in [1.165, 1.54) is 0 Å². The van der Waals surface area contributed by atoms with Crippen LogP contribution < -0.4 is 5.73 Å². The van der Waals surface area contributed by atoms with Gasteiger partial charge in [0.15, 0.2) is 0 Å². The van der Waals surface area contributed by atoms with Gasteiger partial charge in [-0.05, 0) is 11.6 Å². The van der Waals surface area contributed by atoms with Gasteiger partial charge in [0, 0.05) is 25.8 Å². The van der Waals surface area contributed by atoms with Gasteiger partial charge >= 0.3 is 0 Å². The van der Waals surface area contributed by atoms with Crippen molar-refractivity contribution < 1.29 is 0 Å². The predicted molar refractivity (Wildman–Crippen MR) is 74.3 cm³/mol. The minimum absolute atomic E-state index is 0.343. The summed E-state index contributed by atoms with van der Waals surface area (Å²) in [7, 11) is 0. The minimum atomic E-state index is 0.343. The third kappa shape index (κ3) is 2.47. The van der Waals surface area contributed by atoms with Gasteiger partial charge in [-0.15, -0.1) is 10.2 Å². The molecule has 0 amide bonds. The Morgan fingerprint density at radius 2 is 2.32 bits per heavy atom. The van der Waals surface area contributed by atoms with Crippen molar-refractivity contribution in [1.29, 1.82) is 0 Å². The van der Waals surface area contributed by atoms with E-state index < -0.39 is 0 Å². The maximum Gasteiger partial charge on any atom is 0.147 e. The SMILES string of the molecule is NC(=S)c1ncccc1CN1CCn2cnnc2C1. The molecule has 6 nitrogen and oxygen atoms in total. The lowest BCUT2D eigenvalue weighted by Crippen LogP contribution is -2.33. The second-order valence-electron chi connectivity index (χ2n) is 4.53. The smallest absolute Gasteiger partial charge is 0.147 e. The average Bonchev–Trinajstić information content (AvgIpc) is 2.86. The number of aromatic nitrogens is 4. The fraction of sp³-hybridized carbons (Fsp3) is 0.333. The van der Waals surface area contributed by atoms with Gasteiger partial charge in [-0.3, -0.25) is 9.88 Å². The molecule has 3 heterocycles. The fourth-order valence-corrected chi connectivity index (χ4v) is 2.46. The maximum atomic E-state index is 5.70. The van der Waals surface area contributed by atoms with Crippen LogP contribution in [-0.4, -0.2) is 36.2 Å². The van der Waals surface area contributed by atoms with Crippen LogP contribution in [0, 0.1) is 0 Å². The molecule has 1 aliphatic heterocycles. The Bertz CT molecular complexity index is 608. The number of nitrogens with zero attached hydrogens (tertiary/aromatic N) is 5. The van der Waals surface area contributed by atoms with Crippen LogP contribution in [0.15, 0.2) is 24.7 Å². The van der Waals surface area contributed by atoms with E-state index in [4.69, 9.17) is 18.0 Å².